The van der Waals surface area contributed by atoms with E-state index in [0.717, 1.165) is 60.5 Å². The highest BCUT2D eigenvalue weighted by molar-refractivity contribution is 7.15. The van der Waals surface area contributed by atoms with Crippen LogP contribution in [0.5, 0.6) is 0 Å². The summed E-state index contributed by atoms with van der Waals surface area (Å²) in [6.07, 6.45) is 1.09. The summed E-state index contributed by atoms with van der Waals surface area (Å²) in [7, 11) is 0. The standard InChI is InChI=1S/C22H27N5O2S2/c1-15(2)10-20-25-26-22(31-20)24-19(28)12-18-14-30-21(23-18)17-5-3-4-16(11-17)13-27-6-8-29-9-7-27/h3-5,11,14-15H,6-10,12-13H2,1-2H3,(H,24,26,28). The number of amides is 1. The fraction of sp³-hybridized carbons (Fsp3) is 0.455. The number of ether oxygens (including phenoxy) is 1. The maximum Gasteiger partial charge on any atom is 0.232 e. The highest BCUT2D eigenvalue weighted by Gasteiger charge is 2.14. The van der Waals surface area contributed by atoms with E-state index in [2.05, 4.69) is 63.5 Å². The van der Waals surface area contributed by atoms with Crippen molar-refractivity contribution in [2.45, 2.75) is 33.2 Å². The molecule has 0 aliphatic carbocycles. The third-order valence-electron chi connectivity index (χ3n) is 4.87. The molecule has 0 unspecified atom stereocenters. The monoisotopic (exact) mass is 457 g/mol. The third kappa shape index (κ3) is 6.39. The fourth-order valence-electron chi connectivity index (χ4n) is 3.40. The summed E-state index contributed by atoms with van der Waals surface area (Å²) in [5.41, 5.74) is 3.12. The molecule has 0 atom stereocenters. The lowest BCUT2D eigenvalue weighted by atomic mass is 10.1. The second kappa shape index (κ2) is 10.4. The van der Waals surface area contributed by atoms with Crippen molar-refractivity contribution in [3.8, 4) is 10.6 Å². The molecule has 7 nitrogen and oxygen atoms in total. The number of aromatic nitrogens is 3. The maximum absolute atomic E-state index is 12.4. The molecule has 4 rings (SSSR count). The van der Waals surface area contributed by atoms with Gasteiger partial charge in [-0.3, -0.25) is 9.69 Å². The smallest absolute Gasteiger partial charge is 0.232 e. The predicted octanol–water partition coefficient (Wildman–Crippen LogP) is 3.87. The number of rotatable bonds is 8. The number of carbonyl (C=O) groups excluding carboxylic acids is 1. The first-order chi connectivity index (χ1) is 15.0. The quantitative estimate of drug-likeness (QED) is 0.553. The molecule has 1 aromatic carbocycles. The molecule has 0 saturated carbocycles. The van der Waals surface area contributed by atoms with Crippen molar-refractivity contribution in [3.63, 3.8) is 0 Å². The Morgan fingerprint density at radius 3 is 2.90 bits per heavy atom. The average molecular weight is 458 g/mol. The van der Waals surface area contributed by atoms with E-state index in [1.807, 2.05) is 5.38 Å². The zero-order valence-corrected chi connectivity index (χ0v) is 19.5. The van der Waals surface area contributed by atoms with E-state index < -0.39 is 0 Å². The Labute approximate surface area is 190 Å². The minimum Gasteiger partial charge on any atom is -0.379 e. The van der Waals surface area contributed by atoms with Gasteiger partial charge in [-0.05, 0) is 17.5 Å². The molecular weight excluding hydrogens is 430 g/mol. The molecule has 0 radical (unpaired) electrons. The van der Waals surface area contributed by atoms with Crippen LogP contribution in [-0.2, 0) is 28.9 Å². The van der Waals surface area contributed by atoms with E-state index in [4.69, 9.17) is 4.74 Å². The van der Waals surface area contributed by atoms with Gasteiger partial charge in [-0.1, -0.05) is 43.4 Å². The van der Waals surface area contributed by atoms with Gasteiger partial charge in [0, 0.05) is 37.0 Å². The number of hydrogen-bond acceptors (Lipinski definition) is 8. The van der Waals surface area contributed by atoms with E-state index in [0.29, 0.717) is 11.0 Å². The molecule has 1 N–H and O–H groups in total. The van der Waals surface area contributed by atoms with Crippen LogP contribution in [0.3, 0.4) is 0 Å². The summed E-state index contributed by atoms with van der Waals surface area (Å²) in [5, 5.41) is 15.4. The first kappa shape index (κ1) is 22.0. The number of benzene rings is 1. The zero-order valence-electron chi connectivity index (χ0n) is 17.8. The number of hydrogen-bond donors (Lipinski definition) is 1. The molecule has 1 amide bonds. The summed E-state index contributed by atoms with van der Waals surface area (Å²) in [5.74, 6) is 0.391. The van der Waals surface area contributed by atoms with E-state index in [-0.39, 0.29) is 12.3 Å². The lowest BCUT2D eigenvalue weighted by Crippen LogP contribution is -2.35. The third-order valence-corrected chi connectivity index (χ3v) is 6.67. The molecule has 31 heavy (non-hydrogen) atoms. The van der Waals surface area contributed by atoms with Gasteiger partial charge in [-0.25, -0.2) is 4.98 Å². The number of nitrogens with zero attached hydrogens (tertiary/aromatic N) is 4. The van der Waals surface area contributed by atoms with E-state index >= 15 is 0 Å². The van der Waals surface area contributed by atoms with Gasteiger partial charge in [-0.2, -0.15) is 0 Å². The van der Waals surface area contributed by atoms with Crippen molar-refractivity contribution in [2.75, 3.05) is 31.6 Å². The minimum absolute atomic E-state index is 0.120. The van der Waals surface area contributed by atoms with Crippen LogP contribution in [0.15, 0.2) is 29.6 Å². The topological polar surface area (TPSA) is 80.2 Å². The molecule has 0 bridgehead atoms. The Kier molecular flexibility index (Phi) is 7.39. The van der Waals surface area contributed by atoms with Crippen molar-refractivity contribution in [3.05, 3.63) is 45.9 Å². The largest absolute Gasteiger partial charge is 0.379 e. The lowest BCUT2D eigenvalue weighted by Gasteiger charge is -2.26. The molecule has 1 aliphatic heterocycles. The second-order valence-corrected chi connectivity index (χ2v) is 9.98. The molecule has 3 heterocycles. The predicted molar refractivity (Wildman–Crippen MR) is 124 cm³/mol. The van der Waals surface area contributed by atoms with E-state index in [1.165, 1.54) is 16.9 Å². The van der Waals surface area contributed by atoms with Crippen LogP contribution >= 0.6 is 22.7 Å². The van der Waals surface area contributed by atoms with Gasteiger partial charge in [0.2, 0.25) is 11.0 Å². The zero-order chi connectivity index (χ0) is 21.6. The number of morpholine rings is 1. The van der Waals surface area contributed by atoms with E-state index in [9.17, 15) is 4.79 Å². The average Bonchev–Trinajstić information content (AvgIpc) is 3.38. The molecule has 1 aliphatic rings. The van der Waals surface area contributed by atoms with Crippen LogP contribution in [0.25, 0.3) is 10.6 Å². The molecular formula is C22H27N5O2S2. The Morgan fingerprint density at radius 2 is 2.10 bits per heavy atom. The second-order valence-electron chi connectivity index (χ2n) is 8.06. The van der Waals surface area contributed by atoms with Crippen LogP contribution in [0.1, 0.15) is 30.1 Å². The van der Waals surface area contributed by atoms with Crippen LogP contribution in [0, 0.1) is 5.92 Å². The Hall–Kier alpha value is -2.20. The van der Waals surface area contributed by atoms with Crippen molar-refractivity contribution in [2.24, 2.45) is 5.92 Å². The summed E-state index contributed by atoms with van der Waals surface area (Å²) in [4.78, 5) is 19.5. The molecule has 3 aromatic rings. The number of anilines is 1. The highest BCUT2D eigenvalue weighted by Crippen LogP contribution is 2.26. The van der Waals surface area contributed by atoms with Gasteiger partial charge >= 0.3 is 0 Å². The Balaban J connectivity index is 1.35. The van der Waals surface area contributed by atoms with Gasteiger partial charge in [0.25, 0.3) is 0 Å². The SMILES string of the molecule is CC(C)Cc1nnc(NC(=O)Cc2csc(-c3cccc(CN4CCOCC4)c3)n2)s1. The van der Waals surface area contributed by atoms with Crippen molar-refractivity contribution in [1.29, 1.82) is 0 Å². The summed E-state index contributed by atoms with van der Waals surface area (Å²) in [6.45, 7) is 8.72. The van der Waals surface area contributed by atoms with E-state index in [1.54, 1.807) is 11.3 Å². The van der Waals surface area contributed by atoms with Crippen LogP contribution in [-0.4, -0.2) is 52.3 Å². The minimum atomic E-state index is -0.120. The number of thiazole rings is 1. The molecule has 164 valence electrons. The van der Waals surface area contributed by atoms with Gasteiger partial charge < -0.3 is 10.1 Å². The Morgan fingerprint density at radius 1 is 1.26 bits per heavy atom. The summed E-state index contributed by atoms with van der Waals surface area (Å²) < 4.78 is 5.43. The highest BCUT2D eigenvalue weighted by atomic mass is 32.1. The van der Waals surface area contributed by atoms with Crippen molar-refractivity contribution >= 4 is 33.7 Å². The van der Waals surface area contributed by atoms with Crippen LogP contribution < -0.4 is 5.32 Å². The fourth-order valence-corrected chi connectivity index (χ4v) is 5.19. The van der Waals surface area contributed by atoms with Gasteiger partial charge in [0.1, 0.15) is 10.0 Å². The van der Waals surface area contributed by atoms with Gasteiger partial charge in [-0.15, -0.1) is 21.5 Å². The molecule has 2 aromatic heterocycles. The lowest BCUT2D eigenvalue weighted by molar-refractivity contribution is -0.115. The van der Waals surface area contributed by atoms with Crippen molar-refractivity contribution in [1.82, 2.24) is 20.1 Å². The normalized spacial score (nSPS) is 14.8. The summed E-state index contributed by atoms with van der Waals surface area (Å²) >= 11 is 3.00. The molecule has 0 spiro atoms. The first-order valence-electron chi connectivity index (χ1n) is 10.5. The molecule has 9 heteroatoms. The van der Waals surface area contributed by atoms with Gasteiger partial charge in [0.05, 0.1) is 25.3 Å². The van der Waals surface area contributed by atoms with Crippen molar-refractivity contribution < 1.29 is 9.53 Å². The summed E-state index contributed by atoms with van der Waals surface area (Å²) in [6, 6.07) is 8.48. The number of carbonyl (C=O) groups is 1. The maximum atomic E-state index is 12.4. The van der Waals surface area contributed by atoms with Crippen LogP contribution in [0.2, 0.25) is 0 Å². The van der Waals surface area contributed by atoms with Gasteiger partial charge in [0.15, 0.2) is 0 Å². The van der Waals surface area contributed by atoms with Crippen LogP contribution in [0.4, 0.5) is 5.13 Å². The number of nitrogens with one attached hydrogen (secondary N) is 1. The molecule has 1 fully saturated rings. The first-order valence-corrected chi connectivity index (χ1v) is 12.2. The Bertz CT molecular complexity index is 1010. The molecule has 1 saturated heterocycles.